The summed E-state index contributed by atoms with van der Waals surface area (Å²) in [6.45, 7) is 2.84. The molecule has 0 heterocycles. The van der Waals surface area contributed by atoms with Crippen LogP contribution in [0.3, 0.4) is 0 Å². The number of carboxylic acid groups (broad SMARTS) is 1. The van der Waals surface area contributed by atoms with Crippen LogP contribution < -0.4 is 10.1 Å². The molecule has 1 aliphatic carbocycles. The molecule has 0 bridgehead atoms. The third-order valence-corrected chi connectivity index (χ3v) is 4.52. The van der Waals surface area contributed by atoms with Crippen LogP contribution in [0.15, 0.2) is 24.3 Å². The van der Waals surface area contributed by atoms with Gasteiger partial charge in [-0.2, -0.15) is 0 Å². The summed E-state index contributed by atoms with van der Waals surface area (Å²) in [6, 6.07) is 8.10. The number of aliphatic carboxylic acids is 1. The molecule has 2 N–H and O–H groups in total. The van der Waals surface area contributed by atoms with E-state index in [2.05, 4.69) is 12.2 Å². The first-order chi connectivity index (χ1) is 10.1. The fourth-order valence-corrected chi connectivity index (χ4v) is 3.24. The van der Waals surface area contributed by atoms with Crippen molar-refractivity contribution in [3.63, 3.8) is 0 Å². The van der Waals surface area contributed by atoms with Crippen molar-refractivity contribution >= 4 is 5.97 Å². The topological polar surface area (TPSA) is 58.6 Å². The summed E-state index contributed by atoms with van der Waals surface area (Å²) < 4.78 is 5.38. The highest BCUT2D eigenvalue weighted by atomic mass is 16.5. The molecule has 0 aromatic heterocycles. The zero-order valence-electron chi connectivity index (χ0n) is 12.8. The average molecular weight is 291 g/mol. The Hall–Kier alpha value is -1.55. The summed E-state index contributed by atoms with van der Waals surface area (Å²) in [6.07, 6.45) is 3.99. The molecule has 1 aromatic rings. The largest absolute Gasteiger partial charge is 0.496 e. The number of carboxylic acids is 1. The number of ether oxygens (including phenoxy) is 1. The molecule has 0 radical (unpaired) electrons. The SMILES string of the molecule is COc1ccccc1C(C)NCC1CCCCC1C(=O)O. The van der Waals surface area contributed by atoms with E-state index in [0.717, 1.165) is 43.5 Å². The van der Waals surface area contributed by atoms with Crippen LogP contribution >= 0.6 is 0 Å². The van der Waals surface area contributed by atoms with E-state index in [1.54, 1.807) is 7.11 Å². The highest BCUT2D eigenvalue weighted by Gasteiger charge is 2.30. The summed E-state index contributed by atoms with van der Waals surface area (Å²) in [7, 11) is 1.67. The molecule has 3 atom stereocenters. The zero-order valence-corrected chi connectivity index (χ0v) is 12.8. The molecule has 1 aromatic carbocycles. The lowest BCUT2D eigenvalue weighted by Crippen LogP contribution is -2.35. The van der Waals surface area contributed by atoms with Gasteiger partial charge in [0.05, 0.1) is 13.0 Å². The van der Waals surface area contributed by atoms with Gasteiger partial charge in [-0.05, 0) is 38.3 Å². The molecule has 0 aliphatic heterocycles. The highest BCUT2D eigenvalue weighted by Crippen LogP contribution is 2.31. The van der Waals surface area contributed by atoms with Gasteiger partial charge in [-0.1, -0.05) is 31.0 Å². The number of benzene rings is 1. The van der Waals surface area contributed by atoms with Crippen molar-refractivity contribution in [1.29, 1.82) is 0 Å². The first-order valence-electron chi connectivity index (χ1n) is 7.72. The number of nitrogens with one attached hydrogen (secondary N) is 1. The molecule has 0 spiro atoms. The number of methoxy groups -OCH3 is 1. The van der Waals surface area contributed by atoms with Gasteiger partial charge in [0.2, 0.25) is 0 Å². The quantitative estimate of drug-likeness (QED) is 0.845. The molecule has 1 aliphatic rings. The fourth-order valence-electron chi connectivity index (χ4n) is 3.24. The minimum atomic E-state index is -0.647. The summed E-state index contributed by atoms with van der Waals surface area (Å²) >= 11 is 0. The molecule has 2 rings (SSSR count). The lowest BCUT2D eigenvalue weighted by molar-refractivity contribution is -0.144. The standard InChI is InChI=1S/C17H25NO3/c1-12(14-8-5-6-10-16(14)21-2)18-11-13-7-3-4-9-15(13)17(19)20/h5-6,8,10,12-13,15,18H,3-4,7,9,11H2,1-2H3,(H,19,20). The maximum absolute atomic E-state index is 11.3. The van der Waals surface area contributed by atoms with Gasteiger partial charge in [0.15, 0.2) is 0 Å². The maximum Gasteiger partial charge on any atom is 0.306 e. The van der Waals surface area contributed by atoms with Gasteiger partial charge < -0.3 is 15.2 Å². The summed E-state index contributed by atoms with van der Waals surface area (Å²) in [5.74, 6) is 0.256. The van der Waals surface area contributed by atoms with Crippen molar-refractivity contribution in [1.82, 2.24) is 5.32 Å². The molecule has 3 unspecified atom stereocenters. The van der Waals surface area contributed by atoms with Crippen LogP contribution in [0.25, 0.3) is 0 Å². The van der Waals surface area contributed by atoms with Crippen LogP contribution in [0.2, 0.25) is 0 Å². The molecule has 21 heavy (non-hydrogen) atoms. The van der Waals surface area contributed by atoms with Gasteiger partial charge in [0, 0.05) is 11.6 Å². The number of carbonyl (C=O) groups is 1. The van der Waals surface area contributed by atoms with E-state index in [0.29, 0.717) is 0 Å². The van der Waals surface area contributed by atoms with E-state index in [1.807, 2.05) is 24.3 Å². The van der Waals surface area contributed by atoms with Crippen LogP contribution in [-0.2, 0) is 4.79 Å². The van der Waals surface area contributed by atoms with Crippen LogP contribution in [0.4, 0.5) is 0 Å². The molecular weight excluding hydrogens is 266 g/mol. The van der Waals surface area contributed by atoms with Crippen molar-refractivity contribution in [2.24, 2.45) is 11.8 Å². The van der Waals surface area contributed by atoms with Crippen molar-refractivity contribution in [2.45, 2.75) is 38.6 Å². The summed E-state index contributed by atoms with van der Waals surface area (Å²) in [5.41, 5.74) is 1.11. The molecule has 0 amide bonds. The Morgan fingerprint density at radius 1 is 1.38 bits per heavy atom. The van der Waals surface area contributed by atoms with E-state index in [9.17, 15) is 9.90 Å². The zero-order chi connectivity index (χ0) is 15.2. The average Bonchev–Trinajstić information content (AvgIpc) is 2.52. The minimum absolute atomic E-state index is 0.150. The maximum atomic E-state index is 11.3. The molecule has 0 saturated heterocycles. The third-order valence-electron chi connectivity index (χ3n) is 4.52. The second kappa shape index (κ2) is 7.46. The first-order valence-corrected chi connectivity index (χ1v) is 7.72. The number of hydrogen-bond donors (Lipinski definition) is 2. The Bertz CT molecular complexity index is 475. The van der Waals surface area contributed by atoms with Crippen molar-refractivity contribution < 1.29 is 14.6 Å². The van der Waals surface area contributed by atoms with E-state index >= 15 is 0 Å². The van der Waals surface area contributed by atoms with E-state index in [-0.39, 0.29) is 17.9 Å². The molecule has 1 saturated carbocycles. The van der Waals surface area contributed by atoms with Gasteiger partial charge in [0.1, 0.15) is 5.75 Å². The van der Waals surface area contributed by atoms with Gasteiger partial charge in [0.25, 0.3) is 0 Å². The Kier molecular flexibility index (Phi) is 5.62. The second-order valence-corrected chi connectivity index (χ2v) is 5.86. The van der Waals surface area contributed by atoms with Crippen LogP contribution in [0, 0.1) is 11.8 Å². The van der Waals surface area contributed by atoms with Gasteiger partial charge in [-0.3, -0.25) is 4.79 Å². The summed E-state index contributed by atoms with van der Waals surface area (Å²) in [5, 5.41) is 12.8. The van der Waals surface area contributed by atoms with E-state index in [4.69, 9.17) is 4.74 Å². The van der Waals surface area contributed by atoms with Gasteiger partial charge in [-0.15, -0.1) is 0 Å². The summed E-state index contributed by atoms with van der Waals surface area (Å²) in [4.78, 5) is 11.3. The van der Waals surface area contributed by atoms with Crippen molar-refractivity contribution in [3.8, 4) is 5.75 Å². The van der Waals surface area contributed by atoms with Crippen molar-refractivity contribution in [3.05, 3.63) is 29.8 Å². The number of para-hydroxylation sites is 1. The van der Waals surface area contributed by atoms with Crippen LogP contribution in [-0.4, -0.2) is 24.7 Å². The molecule has 4 nitrogen and oxygen atoms in total. The van der Waals surface area contributed by atoms with Gasteiger partial charge >= 0.3 is 5.97 Å². The molecule has 1 fully saturated rings. The Morgan fingerprint density at radius 3 is 2.81 bits per heavy atom. The normalized spacial score (nSPS) is 23.5. The van der Waals surface area contributed by atoms with Crippen LogP contribution in [0.5, 0.6) is 5.75 Å². The second-order valence-electron chi connectivity index (χ2n) is 5.86. The number of hydrogen-bond acceptors (Lipinski definition) is 3. The lowest BCUT2D eigenvalue weighted by atomic mass is 9.79. The van der Waals surface area contributed by atoms with Crippen LogP contribution in [0.1, 0.15) is 44.2 Å². The first kappa shape index (κ1) is 15.8. The van der Waals surface area contributed by atoms with Crippen molar-refractivity contribution in [2.75, 3.05) is 13.7 Å². The third kappa shape index (κ3) is 3.97. The lowest BCUT2D eigenvalue weighted by Gasteiger charge is -2.30. The molecule has 4 heteroatoms. The van der Waals surface area contributed by atoms with E-state index < -0.39 is 5.97 Å². The molecule has 116 valence electrons. The fraction of sp³-hybridized carbons (Fsp3) is 0.588. The predicted molar refractivity (Wildman–Crippen MR) is 82.5 cm³/mol. The Morgan fingerprint density at radius 2 is 2.10 bits per heavy atom. The smallest absolute Gasteiger partial charge is 0.306 e. The highest BCUT2D eigenvalue weighted by molar-refractivity contribution is 5.70. The monoisotopic (exact) mass is 291 g/mol. The van der Waals surface area contributed by atoms with E-state index in [1.165, 1.54) is 0 Å². The Balaban J connectivity index is 1.96. The minimum Gasteiger partial charge on any atom is -0.496 e. The number of rotatable bonds is 6. The Labute approximate surface area is 126 Å². The molecular formula is C17H25NO3. The van der Waals surface area contributed by atoms with Gasteiger partial charge in [-0.25, -0.2) is 0 Å². The predicted octanol–water partition coefficient (Wildman–Crippen LogP) is 3.24.